The number of aliphatic imine (C=N–C) groups is 1. The summed E-state index contributed by atoms with van der Waals surface area (Å²) in [5.41, 5.74) is 5.28. The number of benzene rings is 1. The number of hydrogen-bond acceptors (Lipinski definition) is 3. The van der Waals surface area contributed by atoms with Crippen LogP contribution in [0.15, 0.2) is 65.2 Å². The molecule has 0 aromatic heterocycles. The smallest absolute Gasteiger partial charge is 0.241 e. The number of carbonyl (C=O) groups is 1. The molecule has 1 unspecified atom stereocenters. The summed E-state index contributed by atoms with van der Waals surface area (Å²) in [4.78, 5) is 15.0. The van der Waals surface area contributed by atoms with Crippen molar-refractivity contribution in [3.05, 3.63) is 65.8 Å². The van der Waals surface area contributed by atoms with E-state index in [1.807, 2.05) is 18.2 Å². The fourth-order valence-corrected chi connectivity index (χ4v) is 2.06. The van der Waals surface area contributed by atoms with Crippen molar-refractivity contribution >= 4 is 12.1 Å². The fraction of sp³-hybridized carbons (Fsp3) is 0.263. The summed E-state index contributed by atoms with van der Waals surface area (Å²) in [5.74, 6) is 0.201. The Morgan fingerprint density at radius 2 is 2.08 bits per heavy atom. The highest BCUT2D eigenvalue weighted by Gasteiger charge is 2.17. The van der Waals surface area contributed by atoms with Gasteiger partial charge >= 0.3 is 0 Å². The van der Waals surface area contributed by atoms with E-state index in [9.17, 15) is 9.18 Å². The van der Waals surface area contributed by atoms with Gasteiger partial charge in [0.2, 0.25) is 5.91 Å². The minimum Gasteiger partial charge on any atom is -0.489 e. The van der Waals surface area contributed by atoms with E-state index in [1.54, 1.807) is 43.5 Å². The maximum atomic E-state index is 14.1. The van der Waals surface area contributed by atoms with Crippen molar-refractivity contribution in [2.75, 3.05) is 6.61 Å². The summed E-state index contributed by atoms with van der Waals surface area (Å²) in [7, 11) is 0. The molecule has 5 heteroatoms. The van der Waals surface area contributed by atoms with Gasteiger partial charge in [-0.3, -0.25) is 9.79 Å². The third-order valence-electron chi connectivity index (χ3n) is 3.46. The van der Waals surface area contributed by atoms with Gasteiger partial charge in [0.05, 0.1) is 0 Å². The first-order chi connectivity index (χ1) is 11.4. The third-order valence-corrected chi connectivity index (χ3v) is 3.46. The van der Waals surface area contributed by atoms with E-state index in [-0.39, 0.29) is 6.61 Å². The minimum atomic E-state index is -1.47. The summed E-state index contributed by atoms with van der Waals surface area (Å²) in [5, 5.41) is 0. The number of allylic oxidation sites excluding steroid dienone is 4. The maximum absolute atomic E-state index is 14.1. The van der Waals surface area contributed by atoms with Crippen LogP contribution in [0, 0.1) is 0 Å². The second kappa shape index (κ2) is 7.73. The van der Waals surface area contributed by atoms with E-state index in [2.05, 4.69) is 4.99 Å². The SMILES string of the molecule is C[C@H](N=Cc1ccc(OCC2=CC(C)(F)C=CC=C2)cc1)C(N)=O. The Bertz CT molecular complexity index is 701. The van der Waals surface area contributed by atoms with Crippen LogP contribution in [0.25, 0.3) is 0 Å². The molecule has 1 amide bonds. The third kappa shape index (κ3) is 5.50. The summed E-state index contributed by atoms with van der Waals surface area (Å²) >= 11 is 0. The van der Waals surface area contributed by atoms with Crippen molar-refractivity contribution in [3.63, 3.8) is 0 Å². The minimum absolute atomic E-state index is 0.282. The molecule has 1 aromatic carbocycles. The van der Waals surface area contributed by atoms with E-state index in [0.29, 0.717) is 5.75 Å². The van der Waals surface area contributed by atoms with Crippen LogP contribution < -0.4 is 10.5 Å². The van der Waals surface area contributed by atoms with Crippen LogP contribution in [0.5, 0.6) is 5.75 Å². The van der Waals surface area contributed by atoms with Crippen LogP contribution in [0.2, 0.25) is 0 Å². The molecule has 0 aliphatic heterocycles. The first-order valence-electron chi connectivity index (χ1n) is 7.68. The molecule has 0 bridgehead atoms. The lowest BCUT2D eigenvalue weighted by Gasteiger charge is -2.12. The molecule has 24 heavy (non-hydrogen) atoms. The highest BCUT2D eigenvalue weighted by atomic mass is 19.1. The zero-order valence-corrected chi connectivity index (χ0v) is 13.8. The van der Waals surface area contributed by atoms with Crippen molar-refractivity contribution in [2.45, 2.75) is 25.6 Å². The molecule has 0 heterocycles. The normalized spacial score (nSPS) is 21.4. The summed E-state index contributed by atoms with van der Waals surface area (Å²) in [6, 6.07) is 6.68. The fourth-order valence-electron chi connectivity index (χ4n) is 2.06. The standard InChI is InChI=1S/C19H21FN2O2/c1-14(18(21)23)22-12-15-6-8-17(9-7-15)24-13-16-5-3-4-10-19(2,20)11-16/h3-12,14H,13H2,1-2H3,(H2,21,23)/t14-,19?/m0/s1. The molecule has 2 rings (SSSR count). The predicted octanol–water partition coefficient (Wildman–Crippen LogP) is 3.14. The van der Waals surface area contributed by atoms with Crippen LogP contribution in [-0.4, -0.2) is 30.4 Å². The number of hydrogen-bond donors (Lipinski definition) is 1. The van der Waals surface area contributed by atoms with E-state index >= 15 is 0 Å². The average molecular weight is 328 g/mol. The molecule has 2 N–H and O–H groups in total. The van der Waals surface area contributed by atoms with Gasteiger partial charge in [0, 0.05) is 6.21 Å². The zero-order chi connectivity index (χ0) is 17.6. The van der Waals surface area contributed by atoms with Crippen LogP contribution in [0.1, 0.15) is 19.4 Å². The zero-order valence-electron chi connectivity index (χ0n) is 13.8. The number of nitrogens with two attached hydrogens (primary N) is 1. The van der Waals surface area contributed by atoms with E-state index in [1.165, 1.54) is 13.0 Å². The van der Waals surface area contributed by atoms with Crippen LogP contribution >= 0.6 is 0 Å². The van der Waals surface area contributed by atoms with Crippen molar-refractivity contribution < 1.29 is 13.9 Å². The summed E-state index contributed by atoms with van der Waals surface area (Å²) < 4.78 is 19.7. The second-order valence-corrected chi connectivity index (χ2v) is 5.80. The molecule has 0 spiro atoms. The number of alkyl halides is 1. The average Bonchev–Trinajstić information content (AvgIpc) is 2.71. The quantitative estimate of drug-likeness (QED) is 0.815. The number of amides is 1. The topological polar surface area (TPSA) is 64.7 Å². The molecule has 0 fully saturated rings. The second-order valence-electron chi connectivity index (χ2n) is 5.80. The molecule has 1 aliphatic rings. The summed E-state index contributed by atoms with van der Waals surface area (Å²) in [6.07, 6.45) is 9.94. The Balaban J connectivity index is 1.95. The first kappa shape index (κ1) is 17.7. The molecule has 1 aromatic rings. The highest BCUT2D eigenvalue weighted by Crippen LogP contribution is 2.21. The molecule has 2 atom stereocenters. The number of ether oxygens (including phenoxy) is 1. The Kier molecular flexibility index (Phi) is 5.68. The van der Waals surface area contributed by atoms with Crippen LogP contribution in [0.4, 0.5) is 4.39 Å². The monoisotopic (exact) mass is 328 g/mol. The van der Waals surface area contributed by atoms with Crippen LogP contribution in [-0.2, 0) is 4.79 Å². The van der Waals surface area contributed by atoms with Gasteiger partial charge in [0.15, 0.2) is 0 Å². The van der Waals surface area contributed by atoms with Crippen molar-refractivity contribution in [2.24, 2.45) is 10.7 Å². The Labute approximate surface area is 141 Å². The predicted molar refractivity (Wildman–Crippen MR) is 94.1 cm³/mol. The Morgan fingerprint density at radius 3 is 2.75 bits per heavy atom. The summed E-state index contributed by atoms with van der Waals surface area (Å²) in [6.45, 7) is 3.42. The number of nitrogens with zero attached hydrogens (tertiary/aromatic N) is 1. The van der Waals surface area contributed by atoms with Gasteiger partial charge < -0.3 is 10.5 Å². The van der Waals surface area contributed by atoms with Gasteiger partial charge in [-0.2, -0.15) is 0 Å². The Morgan fingerprint density at radius 1 is 1.38 bits per heavy atom. The van der Waals surface area contributed by atoms with Gasteiger partial charge in [-0.15, -0.1) is 0 Å². The van der Waals surface area contributed by atoms with E-state index < -0.39 is 17.6 Å². The van der Waals surface area contributed by atoms with Gasteiger partial charge in [-0.25, -0.2) is 4.39 Å². The van der Waals surface area contributed by atoms with E-state index in [4.69, 9.17) is 10.5 Å². The molecule has 1 aliphatic carbocycles. The van der Waals surface area contributed by atoms with Crippen LogP contribution in [0.3, 0.4) is 0 Å². The molecular weight excluding hydrogens is 307 g/mol. The van der Waals surface area contributed by atoms with E-state index in [0.717, 1.165) is 11.1 Å². The molecule has 4 nitrogen and oxygen atoms in total. The lowest BCUT2D eigenvalue weighted by atomic mass is 10.1. The van der Waals surface area contributed by atoms with Gasteiger partial charge in [0.1, 0.15) is 24.1 Å². The lowest BCUT2D eigenvalue weighted by Crippen LogP contribution is -2.23. The molecule has 0 saturated heterocycles. The highest BCUT2D eigenvalue weighted by molar-refractivity contribution is 5.85. The van der Waals surface area contributed by atoms with Gasteiger partial charge in [0.25, 0.3) is 0 Å². The lowest BCUT2D eigenvalue weighted by molar-refractivity contribution is -0.118. The molecule has 0 radical (unpaired) electrons. The number of halogens is 1. The van der Waals surface area contributed by atoms with Gasteiger partial charge in [-0.05, 0) is 61.4 Å². The van der Waals surface area contributed by atoms with Crippen molar-refractivity contribution in [1.29, 1.82) is 0 Å². The Hall–Kier alpha value is -2.69. The number of rotatable bonds is 6. The number of carbonyl (C=O) groups excluding carboxylic acids is 1. The maximum Gasteiger partial charge on any atom is 0.241 e. The number of primary amides is 1. The largest absolute Gasteiger partial charge is 0.489 e. The molecule has 126 valence electrons. The molecule has 0 saturated carbocycles. The van der Waals surface area contributed by atoms with Crippen molar-refractivity contribution in [1.82, 2.24) is 0 Å². The molecular formula is C19H21FN2O2. The van der Waals surface area contributed by atoms with Crippen molar-refractivity contribution in [3.8, 4) is 5.75 Å². The van der Waals surface area contributed by atoms with Gasteiger partial charge in [-0.1, -0.05) is 18.2 Å². The first-order valence-corrected chi connectivity index (χ1v) is 7.68.